The molecule has 2 atom stereocenters. The molecule has 0 aromatic rings. The van der Waals surface area contributed by atoms with E-state index in [1.807, 2.05) is 6.34 Å². The molecule has 1 heterocycles. The first-order chi connectivity index (χ1) is 7.59. The zero-order valence-corrected chi connectivity index (χ0v) is 13.6. The van der Waals surface area contributed by atoms with Crippen LogP contribution in [0.25, 0.3) is 0 Å². The summed E-state index contributed by atoms with van der Waals surface area (Å²) in [5, 5.41) is 0. The van der Waals surface area contributed by atoms with Crippen LogP contribution >= 0.6 is 0 Å². The van der Waals surface area contributed by atoms with Gasteiger partial charge in [-0.15, -0.1) is 0 Å². The average molecular weight is 244 g/mol. The summed E-state index contributed by atoms with van der Waals surface area (Å²) in [5.41, 5.74) is 0.437. The third-order valence-corrected chi connectivity index (χ3v) is 3.54. The van der Waals surface area contributed by atoms with Crippen LogP contribution in [-0.4, -0.2) is 22.8 Å². The van der Waals surface area contributed by atoms with E-state index in [0.717, 1.165) is 5.92 Å². The number of likely N-dealkylation sites (tertiary alicyclic amines) is 1. The molecule has 1 saturated heterocycles. The fraction of sp³-hybridized carbons (Fsp3) is 0.867. The van der Waals surface area contributed by atoms with Crippen molar-refractivity contribution in [2.45, 2.75) is 72.9 Å². The molecule has 0 aromatic carbocycles. The molecule has 1 aliphatic rings. The number of rotatable bonds is 1. The van der Waals surface area contributed by atoms with E-state index in [1.54, 1.807) is 0 Å². The third kappa shape index (κ3) is 5.81. The molecule has 0 radical (unpaired) electrons. The summed E-state index contributed by atoms with van der Waals surface area (Å²) in [4.78, 5) is 6.87. The van der Waals surface area contributed by atoms with Crippen LogP contribution in [0.5, 0.6) is 0 Å². The molecular weight excluding hydrogens is 215 g/mol. The first-order valence-electron chi connectivity index (χ1n) is 6.76. The Morgan fingerprint density at radius 3 is 2.11 bits per heavy atom. The van der Waals surface area contributed by atoms with Crippen molar-refractivity contribution in [2.24, 2.45) is 16.3 Å². The second kappa shape index (κ2) is 6.48. The molecular formula is C15H29LiN2. The van der Waals surface area contributed by atoms with Gasteiger partial charge >= 0.3 is 18.9 Å². The topological polar surface area (TPSA) is 15.6 Å². The average Bonchev–Trinajstić information content (AvgIpc) is 2.12. The van der Waals surface area contributed by atoms with Crippen LogP contribution in [0, 0.1) is 17.9 Å². The molecule has 1 aliphatic heterocycles. The van der Waals surface area contributed by atoms with Gasteiger partial charge in [0, 0.05) is 0 Å². The summed E-state index contributed by atoms with van der Waals surface area (Å²) in [6.07, 6.45) is 4.45. The van der Waals surface area contributed by atoms with Crippen LogP contribution in [0.4, 0.5) is 0 Å². The van der Waals surface area contributed by atoms with Crippen LogP contribution in [0.15, 0.2) is 4.99 Å². The van der Waals surface area contributed by atoms with Crippen molar-refractivity contribution in [3.05, 3.63) is 6.54 Å². The molecule has 0 bridgehead atoms. The summed E-state index contributed by atoms with van der Waals surface area (Å²) >= 11 is 0. The largest absolute Gasteiger partial charge is 1.00 e. The van der Waals surface area contributed by atoms with Crippen LogP contribution in [-0.2, 0) is 0 Å². The summed E-state index contributed by atoms with van der Waals surface area (Å²) < 4.78 is 0. The van der Waals surface area contributed by atoms with E-state index in [4.69, 9.17) is 0 Å². The van der Waals surface area contributed by atoms with Gasteiger partial charge in [0.15, 0.2) is 0 Å². The number of hydrogen-bond acceptors (Lipinski definition) is 1. The predicted octanol–water partition coefficient (Wildman–Crippen LogP) is 1.13. The van der Waals surface area contributed by atoms with Gasteiger partial charge in [-0.3, -0.25) is 4.99 Å². The molecule has 0 aliphatic carbocycles. The number of hydrogen-bond donors (Lipinski definition) is 0. The Morgan fingerprint density at radius 2 is 1.72 bits per heavy atom. The van der Waals surface area contributed by atoms with Crippen molar-refractivity contribution in [3.8, 4) is 0 Å². The van der Waals surface area contributed by atoms with Gasteiger partial charge in [0.05, 0.1) is 11.9 Å². The maximum Gasteiger partial charge on any atom is 1.00 e. The van der Waals surface area contributed by atoms with Gasteiger partial charge in [0.25, 0.3) is 0 Å². The van der Waals surface area contributed by atoms with Gasteiger partial charge in [0.1, 0.15) is 0 Å². The van der Waals surface area contributed by atoms with Crippen LogP contribution in [0.2, 0.25) is 0 Å². The van der Waals surface area contributed by atoms with Crippen molar-refractivity contribution >= 4 is 6.34 Å². The Labute approximate surface area is 126 Å². The Morgan fingerprint density at radius 1 is 1.17 bits per heavy atom. The summed E-state index contributed by atoms with van der Waals surface area (Å²) in [6.45, 7) is 18.1. The zero-order chi connectivity index (χ0) is 13.3. The predicted molar refractivity (Wildman–Crippen MR) is 76.0 cm³/mol. The molecule has 1 rings (SSSR count). The molecule has 0 saturated carbocycles. The van der Waals surface area contributed by atoms with Crippen molar-refractivity contribution in [1.82, 2.24) is 4.90 Å². The van der Waals surface area contributed by atoms with Crippen LogP contribution in [0.1, 0.15) is 61.3 Å². The van der Waals surface area contributed by atoms with E-state index in [9.17, 15) is 0 Å². The van der Waals surface area contributed by atoms with Gasteiger partial charge in [-0.2, -0.15) is 6.42 Å². The van der Waals surface area contributed by atoms with Gasteiger partial charge < -0.3 is 4.90 Å². The molecule has 1 fully saturated rings. The van der Waals surface area contributed by atoms with E-state index in [0.29, 0.717) is 11.5 Å². The summed E-state index contributed by atoms with van der Waals surface area (Å²) in [6, 6.07) is 0.569. The van der Waals surface area contributed by atoms with E-state index in [2.05, 4.69) is 64.9 Å². The standard InChI is InChI=1S/C15H29N2.Li/c1-12-10-13(14(2,3)4)8-9-17(12)11-16-15(5,6)7;/h9,11-13H,8,10H2,1-7H3;/q-1;+1/t12-,13-;/m1./s1. The number of nitrogens with zero attached hydrogens (tertiary/aromatic N) is 2. The molecule has 18 heavy (non-hydrogen) atoms. The Balaban J connectivity index is 0.00000289. The molecule has 0 amide bonds. The minimum Gasteiger partial charge on any atom is -0.511 e. The summed E-state index contributed by atoms with van der Waals surface area (Å²) in [7, 11) is 0. The number of piperidine rings is 1. The van der Waals surface area contributed by atoms with E-state index >= 15 is 0 Å². The molecule has 2 nitrogen and oxygen atoms in total. The smallest absolute Gasteiger partial charge is 0.511 e. The molecule has 3 heteroatoms. The van der Waals surface area contributed by atoms with Crippen LogP contribution < -0.4 is 18.9 Å². The van der Waals surface area contributed by atoms with Crippen molar-refractivity contribution in [3.63, 3.8) is 0 Å². The zero-order valence-electron chi connectivity index (χ0n) is 13.6. The van der Waals surface area contributed by atoms with Crippen LogP contribution in [0.3, 0.4) is 0 Å². The van der Waals surface area contributed by atoms with Crippen molar-refractivity contribution in [1.29, 1.82) is 0 Å². The summed E-state index contributed by atoms with van der Waals surface area (Å²) in [5.74, 6) is 0.789. The Hall–Kier alpha value is 0.0674. The van der Waals surface area contributed by atoms with E-state index in [-0.39, 0.29) is 24.4 Å². The second-order valence-corrected chi connectivity index (χ2v) is 7.43. The molecule has 100 valence electrons. The van der Waals surface area contributed by atoms with E-state index < -0.39 is 0 Å². The SMILES string of the molecule is C[C@@H]1C[C@H](C(C)(C)C)C[CH-]N1C=NC(C)(C)C.[Li+]. The van der Waals surface area contributed by atoms with Gasteiger partial charge in [-0.05, 0) is 45.6 Å². The quantitative estimate of drug-likeness (QED) is 0.292. The Bertz CT molecular complexity index is 273. The fourth-order valence-corrected chi connectivity index (χ4v) is 2.17. The monoisotopic (exact) mass is 244 g/mol. The Kier molecular flexibility index (Phi) is 6.51. The normalized spacial score (nSPS) is 26.3. The van der Waals surface area contributed by atoms with Gasteiger partial charge in [0.2, 0.25) is 0 Å². The molecule has 0 unspecified atom stereocenters. The van der Waals surface area contributed by atoms with Crippen molar-refractivity contribution in [2.75, 3.05) is 0 Å². The first-order valence-corrected chi connectivity index (χ1v) is 6.76. The minimum atomic E-state index is 0. The molecule has 0 spiro atoms. The molecule has 0 aromatic heterocycles. The second-order valence-electron chi connectivity index (χ2n) is 7.43. The maximum absolute atomic E-state index is 4.59. The van der Waals surface area contributed by atoms with Crippen molar-refractivity contribution < 1.29 is 18.9 Å². The van der Waals surface area contributed by atoms with Gasteiger partial charge in [-0.25, -0.2) is 6.54 Å². The third-order valence-electron chi connectivity index (χ3n) is 3.54. The first kappa shape index (κ1) is 18.1. The molecule has 0 N–H and O–H groups in total. The maximum atomic E-state index is 4.59. The van der Waals surface area contributed by atoms with E-state index in [1.165, 1.54) is 12.8 Å². The fourth-order valence-electron chi connectivity index (χ4n) is 2.17. The minimum absolute atomic E-state index is 0. The van der Waals surface area contributed by atoms with Gasteiger partial charge in [-0.1, -0.05) is 26.7 Å². The number of aliphatic imine (C=N–C) groups is 1.